The zero-order chi connectivity index (χ0) is 23.8. The van der Waals surface area contributed by atoms with Gasteiger partial charge in [-0.25, -0.2) is 18.2 Å². The molecule has 3 rings (SSSR count). The summed E-state index contributed by atoms with van der Waals surface area (Å²) in [5.74, 6) is -0.679. The molecule has 0 spiro atoms. The molecule has 0 atom stereocenters. The van der Waals surface area contributed by atoms with Crippen molar-refractivity contribution in [1.82, 2.24) is 5.43 Å². The molecule has 0 aromatic heterocycles. The van der Waals surface area contributed by atoms with Gasteiger partial charge in [0.15, 0.2) is 11.5 Å². The van der Waals surface area contributed by atoms with Crippen molar-refractivity contribution in [1.29, 1.82) is 0 Å². The highest BCUT2D eigenvalue weighted by atomic mass is 32.2. The second kappa shape index (κ2) is 10.6. The Hall–Kier alpha value is -3.92. The number of hydrogen-bond donors (Lipinski definition) is 1. The van der Waals surface area contributed by atoms with Crippen LogP contribution in [0.4, 0.5) is 10.1 Å². The number of benzene rings is 3. The molecule has 0 saturated heterocycles. The Kier molecular flexibility index (Phi) is 7.62. The molecule has 0 aliphatic heterocycles. The van der Waals surface area contributed by atoms with E-state index in [9.17, 15) is 17.6 Å². The largest absolute Gasteiger partial charge is 0.493 e. The highest BCUT2D eigenvalue weighted by Crippen LogP contribution is 2.32. The van der Waals surface area contributed by atoms with Crippen molar-refractivity contribution in [2.24, 2.45) is 5.10 Å². The van der Waals surface area contributed by atoms with Crippen LogP contribution in [0, 0.1) is 5.82 Å². The number of hydrazone groups is 1. The molecule has 3 aromatic carbocycles. The zero-order valence-corrected chi connectivity index (χ0v) is 18.8. The van der Waals surface area contributed by atoms with Crippen molar-refractivity contribution in [2.75, 3.05) is 25.1 Å². The zero-order valence-electron chi connectivity index (χ0n) is 17.9. The number of nitrogens with zero attached hydrogens (tertiary/aromatic N) is 2. The number of sulfonamides is 1. The third kappa shape index (κ3) is 5.86. The number of carbonyl (C=O) groups excluding carboxylic acids is 1. The molecule has 1 amide bonds. The maximum atomic E-state index is 13.4. The average Bonchev–Trinajstić information content (AvgIpc) is 2.83. The van der Waals surface area contributed by atoms with E-state index in [-0.39, 0.29) is 16.3 Å². The highest BCUT2D eigenvalue weighted by Gasteiger charge is 2.28. The third-order valence-electron chi connectivity index (χ3n) is 4.55. The quantitative estimate of drug-likeness (QED) is 0.382. The van der Waals surface area contributed by atoms with Crippen molar-refractivity contribution in [3.8, 4) is 11.5 Å². The SMILES string of the molecule is COc1ccc(S(=O)(=O)N(CC(=O)N/N=C\c2ccccc2)c2ccc(F)cc2)cc1OC. The van der Waals surface area contributed by atoms with Crippen molar-refractivity contribution in [3.05, 3.63) is 84.2 Å². The van der Waals surface area contributed by atoms with Crippen LogP contribution in [-0.2, 0) is 14.8 Å². The van der Waals surface area contributed by atoms with E-state index in [0.717, 1.165) is 22.0 Å². The van der Waals surface area contributed by atoms with Gasteiger partial charge in [0.2, 0.25) is 0 Å². The first-order chi connectivity index (χ1) is 15.8. The van der Waals surface area contributed by atoms with Gasteiger partial charge in [-0.15, -0.1) is 0 Å². The van der Waals surface area contributed by atoms with E-state index in [1.807, 2.05) is 18.2 Å². The maximum Gasteiger partial charge on any atom is 0.264 e. The van der Waals surface area contributed by atoms with Crippen LogP contribution >= 0.6 is 0 Å². The Labute approximate surface area is 191 Å². The number of carbonyl (C=O) groups is 1. The van der Waals surface area contributed by atoms with Crippen LogP contribution in [0.5, 0.6) is 11.5 Å². The Bertz CT molecular complexity index is 1230. The fraction of sp³-hybridized carbons (Fsp3) is 0.130. The Morgan fingerprint density at radius 1 is 1.00 bits per heavy atom. The molecular weight excluding hydrogens is 449 g/mol. The third-order valence-corrected chi connectivity index (χ3v) is 6.32. The number of anilines is 1. The Balaban J connectivity index is 1.90. The lowest BCUT2D eigenvalue weighted by atomic mass is 10.2. The molecule has 0 unspecified atom stereocenters. The van der Waals surface area contributed by atoms with Gasteiger partial charge in [-0.1, -0.05) is 30.3 Å². The summed E-state index contributed by atoms with van der Waals surface area (Å²) in [6.45, 7) is -0.589. The van der Waals surface area contributed by atoms with Crippen molar-refractivity contribution < 1.29 is 27.1 Å². The number of halogens is 1. The smallest absolute Gasteiger partial charge is 0.264 e. The molecule has 8 nitrogen and oxygen atoms in total. The number of rotatable bonds is 9. The van der Waals surface area contributed by atoms with E-state index in [4.69, 9.17) is 9.47 Å². The fourth-order valence-electron chi connectivity index (χ4n) is 2.91. The summed E-state index contributed by atoms with van der Waals surface area (Å²) < 4.78 is 51.5. The van der Waals surface area contributed by atoms with Gasteiger partial charge in [0, 0.05) is 6.07 Å². The molecule has 1 N–H and O–H groups in total. The maximum absolute atomic E-state index is 13.4. The molecule has 33 heavy (non-hydrogen) atoms. The Morgan fingerprint density at radius 3 is 2.30 bits per heavy atom. The first-order valence-electron chi connectivity index (χ1n) is 9.72. The molecule has 10 heteroatoms. The number of ether oxygens (including phenoxy) is 2. The van der Waals surface area contributed by atoms with Gasteiger partial charge in [-0.05, 0) is 42.0 Å². The van der Waals surface area contributed by atoms with E-state index in [2.05, 4.69) is 10.5 Å². The normalized spacial score (nSPS) is 11.2. The van der Waals surface area contributed by atoms with Gasteiger partial charge in [0.05, 0.1) is 31.0 Å². The van der Waals surface area contributed by atoms with Gasteiger partial charge >= 0.3 is 0 Å². The summed E-state index contributed by atoms with van der Waals surface area (Å²) in [4.78, 5) is 12.4. The summed E-state index contributed by atoms with van der Waals surface area (Å²) in [6, 6.07) is 17.9. The van der Waals surface area contributed by atoms with Crippen LogP contribution in [0.15, 0.2) is 82.8 Å². The molecule has 0 aliphatic carbocycles. The molecule has 0 radical (unpaired) electrons. The summed E-state index contributed by atoms with van der Waals surface area (Å²) in [7, 11) is -1.43. The highest BCUT2D eigenvalue weighted by molar-refractivity contribution is 7.92. The lowest BCUT2D eigenvalue weighted by molar-refractivity contribution is -0.119. The molecule has 0 heterocycles. The number of methoxy groups -OCH3 is 2. The predicted octanol–water partition coefficient (Wildman–Crippen LogP) is 3.19. The van der Waals surface area contributed by atoms with Crippen LogP contribution in [0.25, 0.3) is 0 Å². The summed E-state index contributed by atoms with van der Waals surface area (Å²) >= 11 is 0. The number of amides is 1. The lowest BCUT2D eigenvalue weighted by Crippen LogP contribution is -2.39. The molecular formula is C23H22FN3O5S. The average molecular weight is 472 g/mol. The first-order valence-corrected chi connectivity index (χ1v) is 11.2. The number of nitrogens with one attached hydrogen (secondary N) is 1. The summed E-state index contributed by atoms with van der Waals surface area (Å²) in [5.41, 5.74) is 3.17. The van der Waals surface area contributed by atoms with E-state index >= 15 is 0 Å². The van der Waals surface area contributed by atoms with Crippen LogP contribution < -0.4 is 19.2 Å². The lowest BCUT2D eigenvalue weighted by Gasteiger charge is -2.24. The van der Waals surface area contributed by atoms with Gasteiger partial charge in [-0.3, -0.25) is 9.10 Å². The second-order valence-electron chi connectivity index (χ2n) is 6.71. The predicted molar refractivity (Wildman–Crippen MR) is 123 cm³/mol. The van der Waals surface area contributed by atoms with Crippen LogP contribution in [0.2, 0.25) is 0 Å². The van der Waals surface area contributed by atoms with Crippen molar-refractivity contribution in [3.63, 3.8) is 0 Å². The monoisotopic (exact) mass is 471 g/mol. The fourth-order valence-corrected chi connectivity index (χ4v) is 4.35. The standard InChI is InChI=1S/C23H22FN3O5S/c1-31-21-13-12-20(14-22(21)32-2)33(29,30)27(19-10-8-18(24)9-11-19)16-23(28)26-25-15-17-6-4-3-5-7-17/h3-15H,16H2,1-2H3,(H,26,28)/b25-15-. The summed E-state index contributed by atoms with van der Waals surface area (Å²) in [6.07, 6.45) is 1.43. The van der Waals surface area contributed by atoms with E-state index in [1.54, 1.807) is 12.1 Å². The molecule has 0 fully saturated rings. The first kappa shape index (κ1) is 23.7. The van der Waals surface area contributed by atoms with Crippen LogP contribution in [0.3, 0.4) is 0 Å². The minimum Gasteiger partial charge on any atom is -0.493 e. The second-order valence-corrected chi connectivity index (χ2v) is 8.57. The van der Waals surface area contributed by atoms with Crippen LogP contribution in [0.1, 0.15) is 5.56 Å². The minimum absolute atomic E-state index is 0.105. The molecule has 0 bridgehead atoms. The van der Waals surface area contributed by atoms with Gasteiger partial charge in [0.1, 0.15) is 12.4 Å². The minimum atomic E-state index is -4.23. The molecule has 3 aromatic rings. The Morgan fingerprint density at radius 2 is 1.67 bits per heavy atom. The van der Waals surface area contributed by atoms with E-state index < -0.39 is 28.3 Å². The molecule has 172 valence electrons. The van der Waals surface area contributed by atoms with E-state index in [0.29, 0.717) is 5.75 Å². The van der Waals surface area contributed by atoms with Crippen molar-refractivity contribution >= 4 is 27.8 Å². The summed E-state index contributed by atoms with van der Waals surface area (Å²) in [5, 5.41) is 3.86. The van der Waals surface area contributed by atoms with Crippen LogP contribution in [-0.4, -0.2) is 41.3 Å². The van der Waals surface area contributed by atoms with E-state index in [1.165, 1.54) is 50.8 Å². The van der Waals surface area contributed by atoms with Gasteiger partial charge in [0.25, 0.3) is 15.9 Å². The molecule has 0 saturated carbocycles. The number of hydrogen-bond acceptors (Lipinski definition) is 6. The molecule has 0 aliphatic rings. The van der Waals surface area contributed by atoms with Gasteiger partial charge in [-0.2, -0.15) is 5.10 Å². The van der Waals surface area contributed by atoms with Gasteiger partial charge < -0.3 is 9.47 Å². The van der Waals surface area contributed by atoms with Crippen molar-refractivity contribution in [2.45, 2.75) is 4.90 Å². The topological polar surface area (TPSA) is 97.3 Å².